The van der Waals surface area contributed by atoms with Crippen molar-refractivity contribution in [1.82, 2.24) is 24.9 Å². The van der Waals surface area contributed by atoms with E-state index in [1.54, 1.807) is 12.1 Å². The van der Waals surface area contributed by atoms with Crippen LogP contribution in [0, 0.1) is 11.3 Å². The predicted octanol–water partition coefficient (Wildman–Crippen LogP) is 9.08. The second kappa shape index (κ2) is 20.0. The summed E-state index contributed by atoms with van der Waals surface area (Å²) in [5.74, 6) is -0.134. The zero-order valence-corrected chi connectivity index (χ0v) is 39.6. The second-order valence-corrected chi connectivity index (χ2v) is 21.1. The number of anilines is 1. The molecule has 2 saturated carbocycles. The van der Waals surface area contributed by atoms with E-state index in [1.807, 2.05) is 17.0 Å². The van der Waals surface area contributed by atoms with Crippen molar-refractivity contribution in [2.24, 2.45) is 11.3 Å². The molecule has 2 aliphatic carbocycles. The van der Waals surface area contributed by atoms with Gasteiger partial charge in [-0.2, -0.15) is 0 Å². The van der Waals surface area contributed by atoms with Gasteiger partial charge in [-0.05, 0) is 122 Å². The number of imide groups is 1. The molecule has 0 aromatic heterocycles. The van der Waals surface area contributed by atoms with Crippen LogP contribution in [-0.2, 0) is 14.4 Å². The summed E-state index contributed by atoms with van der Waals surface area (Å²) < 4.78 is 0. The number of fused-ring (bicyclic) bond motifs is 1. The first-order valence-corrected chi connectivity index (χ1v) is 26.1. The van der Waals surface area contributed by atoms with Crippen molar-refractivity contribution in [1.29, 1.82) is 0 Å². The van der Waals surface area contributed by atoms with E-state index in [2.05, 4.69) is 86.4 Å². The molecule has 10 nitrogen and oxygen atoms in total. The summed E-state index contributed by atoms with van der Waals surface area (Å²) in [4.78, 5) is 52.2. The number of rotatable bonds is 9. The Hall–Kier alpha value is -4.51. The van der Waals surface area contributed by atoms with E-state index in [4.69, 9.17) is 0 Å². The number of carbonyl (C=O) groups excluding carboxylic acids is 3. The molecule has 4 unspecified atom stereocenters. The van der Waals surface area contributed by atoms with Crippen molar-refractivity contribution in [3.05, 3.63) is 95.6 Å². The smallest absolute Gasteiger partial charge is 0.249 e. The molecule has 3 aromatic rings. The van der Waals surface area contributed by atoms with E-state index in [0.29, 0.717) is 43.1 Å². The van der Waals surface area contributed by atoms with Crippen molar-refractivity contribution >= 4 is 34.6 Å². The lowest BCUT2D eigenvalue weighted by atomic mass is 9.60. The third kappa shape index (κ3) is 9.36. The molecule has 5 heterocycles. The van der Waals surface area contributed by atoms with Crippen LogP contribution >= 0.6 is 0 Å². The van der Waals surface area contributed by atoms with E-state index in [1.165, 1.54) is 111 Å². The minimum absolute atomic E-state index is 0.0548. The summed E-state index contributed by atoms with van der Waals surface area (Å²) >= 11 is 0. The predicted molar refractivity (Wildman–Crippen MR) is 263 cm³/mol. The highest BCUT2D eigenvalue weighted by atomic mass is 16.3. The summed E-state index contributed by atoms with van der Waals surface area (Å²) in [6.07, 6.45) is 20.6. The monoisotopic (exact) mass is 895 g/mol. The summed E-state index contributed by atoms with van der Waals surface area (Å²) in [5, 5.41) is 12.6. The molecule has 1 spiro atoms. The highest BCUT2D eigenvalue weighted by Crippen LogP contribution is 2.52. The lowest BCUT2D eigenvalue weighted by molar-refractivity contribution is -0.145. The SMILES string of the molecule is CC/C(=C(\c1ccc(O)cc1)c1ccc(N2CCC3(CC2)CC(N2CCN(C4CCC5C(=O)N(C6CCC(=O)NC6=O)CC5N4C4CCCCCCCCC4)CC2)C3)cc1)c1ccccc1. The molecule has 2 N–H and O–H groups in total. The topological polar surface area (TPSA) is 99.7 Å². The molecular weight excluding hydrogens is 821 g/mol. The number of hydrogen-bond donors (Lipinski definition) is 2. The van der Waals surface area contributed by atoms with E-state index in [0.717, 1.165) is 64.1 Å². The van der Waals surface area contributed by atoms with Gasteiger partial charge >= 0.3 is 0 Å². The molecule has 4 atom stereocenters. The maximum absolute atomic E-state index is 14.1. The Morgan fingerprint density at radius 3 is 1.92 bits per heavy atom. The fourth-order valence-corrected chi connectivity index (χ4v) is 13.7. The van der Waals surface area contributed by atoms with Gasteiger partial charge < -0.3 is 14.9 Å². The molecule has 5 aliphatic heterocycles. The number of phenols is 1. The number of piperidine rings is 3. The second-order valence-electron chi connectivity index (χ2n) is 21.1. The maximum atomic E-state index is 14.1. The van der Waals surface area contributed by atoms with Crippen LogP contribution in [0.15, 0.2) is 78.9 Å². The molecule has 0 bridgehead atoms. The molecule has 7 aliphatic rings. The first kappa shape index (κ1) is 45.3. The van der Waals surface area contributed by atoms with Crippen LogP contribution in [0.1, 0.15) is 139 Å². The van der Waals surface area contributed by atoms with E-state index in [9.17, 15) is 19.5 Å². The summed E-state index contributed by atoms with van der Waals surface area (Å²) in [6, 6.07) is 28.4. The number of benzene rings is 3. The quantitative estimate of drug-likeness (QED) is 0.162. The Bertz CT molecular complexity index is 2180. The number of piperazine rings is 1. The van der Waals surface area contributed by atoms with Crippen molar-refractivity contribution in [2.45, 2.75) is 153 Å². The Labute approximate surface area is 393 Å². The molecule has 5 saturated heterocycles. The molecule has 0 radical (unpaired) electrons. The molecule has 66 heavy (non-hydrogen) atoms. The standard InChI is InChI=1S/C56H74N6O4/c1-2-47(40-13-9-8-10-14-40)53(42-19-23-46(63)24-20-42)41-17-21-43(22-18-41)58-31-29-56(30-32-58)37-45(38-56)59-33-35-60(36-34-59)52-28-25-48-50(62(52)44-15-11-6-4-3-5-7-12-16-44)39-61(55(48)66)49-26-27-51(64)57-54(49)65/h8-10,13-14,17-24,44-45,48-50,52,63H,2-7,11-12,15-16,25-39H2,1H3,(H,57,64,65)/b53-47+. The number of allylic oxidation sites excluding steroid dienone is 1. The zero-order valence-electron chi connectivity index (χ0n) is 39.6. The molecule has 3 aromatic carbocycles. The molecular formula is C56H74N6O4. The number of carbonyl (C=O) groups is 3. The van der Waals surface area contributed by atoms with Gasteiger partial charge in [-0.15, -0.1) is 0 Å². The van der Waals surface area contributed by atoms with Gasteiger partial charge in [0.25, 0.3) is 0 Å². The lowest BCUT2D eigenvalue weighted by Crippen LogP contribution is -2.65. The van der Waals surface area contributed by atoms with Gasteiger partial charge in [0, 0.05) is 76.0 Å². The first-order chi connectivity index (χ1) is 32.3. The summed E-state index contributed by atoms with van der Waals surface area (Å²) in [7, 11) is 0. The molecule has 352 valence electrons. The van der Waals surface area contributed by atoms with Gasteiger partial charge in [0.1, 0.15) is 11.8 Å². The van der Waals surface area contributed by atoms with Crippen LogP contribution < -0.4 is 10.2 Å². The number of likely N-dealkylation sites (tertiary alicyclic amines) is 2. The lowest BCUT2D eigenvalue weighted by Gasteiger charge is -2.58. The number of aromatic hydroxyl groups is 1. The van der Waals surface area contributed by atoms with Crippen LogP contribution in [0.5, 0.6) is 5.75 Å². The average molecular weight is 895 g/mol. The third-order valence-electron chi connectivity index (χ3n) is 17.4. The number of phenolic OH excluding ortho intramolecular Hbond substituents is 1. The Kier molecular flexibility index (Phi) is 13.7. The summed E-state index contributed by atoms with van der Waals surface area (Å²) in [5.41, 5.74) is 7.86. The van der Waals surface area contributed by atoms with Gasteiger partial charge in [0.2, 0.25) is 17.7 Å². The molecule has 10 rings (SSSR count). The van der Waals surface area contributed by atoms with Crippen molar-refractivity contribution in [3.63, 3.8) is 0 Å². The van der Waals surface area contributed by atoms with Crippen molar-refractivity contribution in [2.75, 3.05) is 50.7 Å². The first-order valence-electron chi connectivity index (χ1n) is 26.1. The van der Waals surface area contributed by atoms with Crippen molar-refractivity contribution in [3.8, 4) is 5.75 Å². The van der Waals surface area contributed by atoms with E-state index >= 15 is 0 Å². The largest absolute Gasteiger partial charge is 0.508 e. The van der Waals surface area contributed by atoms with Crippen LogP contribution in [-0.4, -0.2) is 119 Å². The van der Waals surface area contributed by atoms with Crippen LogP contribution in [0.4, 0.5) is 5.69 Å². The minimum Gasteiger partial charge on any atom is -0.508 e. The zero-order chi connectivity index (χ0) is 45.2. The Morgan fingerprint density at radius 2 is 1.29 bits per heavy atom. The van der Waals surface area contributed by atoms with Gasteiger partial charge in [-0.1, -0.05) is 106 Å². The molecule has 7 fully saturated rings. The minimum atomic E-state index is -0.521. The fraction of sp³-hybridized carbons (Fsp3) is 0.589. The fourth-order valence-electron chi connectivity index (χ4n) is 13.7. The number of hydrogen-bond acceptors (Lipinski definition) is 8. The maximum Gasteiger partial charge on any atom is 0.249 e. The Balaban J connectivity index is 0.763. The van der Waals surface area contributed by atoms with Crippen LogP contribution in [0.3, 0.4) is 0 Å². The summed E-state index contributed by atoms with van der Waals surface area (Å²) in [6.45, 7) is 9.46. The normalized spacial score (nSPS) is 28.2. The van der Waals surface area contributed by atoms with Gasteiger partial charge in [-0.25, -0.2) is 0 Å². The number of nitrogens with one attached hydrogen (secondary N) is 1. The van der Waals surface area contributed by atoms with Crippen molar-refractivity contribution < 1.29 is 19.5 Å². The van der Waals surface area contributed by atoms with Gasteiger partial charge in [0.05, 0.1) is 12.1 Å². The van der Waals surface area contributed by atoms with Gasteiger partial charge in [0.15, 0.2) is 0 Å². The van der Waals surface area contributed by atoms with Gasteiger partial charge in [-0.3, -0.25) is 34.4 Å². The molecule has 10 heteroatoms. The van der Waals surface area contributed by atoms with Crippen LogP contribution in [0.25, 0.3) is 11.1 Å². The highest BCUT2D eigenvalue weighted by Gasteiger charge is 2.54. The van der Waals surface area contributed by atoms with Crippen LogP contribution in [0.2, 0.25) is 0 Å². The number of amides is 3. The van der Waals surface area contributed by atoms with E-state index < -0.39 is 6.04 Å². The molecule has 3 amide bonds. The Morgan fingerprint density at radius 1 is 0.667 bits per heavy atom. The number of nitrogens with zero attached hydrogens (tertiary/aromatic N) is 5. The third-order valence-corrected chi connectivity index (χ3v) is 17.4. The average Bonchev–Trinajstić information content (AvgIpc) is 3.67. The highest BCUT2D eigenvalue weighted by molar-refractivity contribution is 6.02. The van der Waals surface area contributed by atoms with E-state index in [-0.39, 0.29) is 35.4 Å².